The number of hydrogen-bond acceptors (Lipinski definition) is 5. The average molecular weight is 208 g/mol. The zero-order chi connectivity index (χ0) is 11.1. The van der Waals surface area contributed by atoms with Gasteiger partial charge in [-0.3, -0.25) is 4.79 Å². The lowest BCUT2D eigenvalue weighted by Crippen LogP contribution is -2.07. The Labute approximate surface area is 86.1 Å². The largest absolute Gasteiger partial charge is 0.382 e. The minimum Gasteiger partial charge on any atom is -0.382 e. The van der Waals surface area contributed by atoms with Crippen LogP contribution in [0.3, 0.4) is 0 Å². The molecule has 7 nitrogen and oxygen atoms in total. The van der Waals surface area contributed by atoms with Gasteiger partial charge in [0.05, 0.1) is 6.33 Å². The van der Waals surface area contributed by atoms with E-state index in [-0.39, 0.29) is 0 Å². The summed E-state index contributed by atoms with van der Waals surface area (Å²) in [5.74, 6) is 0.433. The Kier molecular flexibility index (Phi) is 4.02. The Hall–Kier alpha value is -2.18. The number of nitrogens with two attached hydrogens (primary N) is 1. The molecule has 0 bridgehead atoms. The summed E-state index contributed by atoms with van der Waals surface area (Å²) in [6.07, 6.45) is 3.61. The van der Waals surface area contributed by atoms with E-state index >= 15 is 0 Å². The Morgan fingerprint density at radius 3 is 2.87 bits per heavy atom. The first kappa shape index (κ1) is 10.9. The van der Waals surface area contributed by atoms with Gasteiger partial charge in [0.25, 0.3) is 0 Å². The molecule has 2 rings (SSSR count). The van der Waals surface area contributed by atoms with Crippen molar-refractivity contribution in [2.24, 2.45) is 0 Å². The van der Waals surface area contributed by atoms with Gasteiger partial charge in [0.15, 0.2) is 11.5 Å². The second-order valence-electron chi connectivity index (χ2n) is 2.54. The molecule has 0 aliphatic rings. The van der Waals surface area contributed by atoms with Crippen LogP contribution in [0.5, 0.6) is 0 Å². The second-order valence-corrected chi connectivity index (χ2v) is 2.54. The lowest BCUT2D eigenvalue weighted by molar-refractivity contribution is -0.109. The van der Waals surface area contributed by atoms with Crippen molar-refractivity contribution in [2.45, 2.75) is 6.92 Å². The molecule has 0 radical (unpaired) electrons. The van der Waals surface area contributed by atoms with Crippen molar-refractivity contribution in [3.63, 3.8) is 0 Å². The average Bonchev–Trinajstić information content (AvgIpc) is 2.69. The Balaban J connectivity index is 0.000000195. The SMILES string of the molecule is CCNC=O.Nc1ncnc2nc[nH]c12. The number of aromatic nitrogens is 4. The Morgan fingerprint density at radius 2 is 2.33 bits per heavy atom. The van der Waals surface area contributed by atoms with E-state index in [1.54, 1.807) is 0 Å². The summed E-state index contributed by atoms with van der Waals surface area (Å²) in [6.45, 7) is 2.60. The molecule has 0 aromatic carbocycles. The van der Waals surface area contributed by atoms with Gasteiger partial charge in [-0.05, 0) is 6.92 Å². The van der Waals surface area contributed by atoms with Gasteiger partial charge in [-0.2, -0.15) is 0 Å². The summed E-state index contributed by atoms with van der Waals surface area (Å²) in [4.78, 5) is 23.7. The summed E-state index contributed by atoms with van der Waals surface area (Å²) in [5, 5.41) is 2.43. The van der Waals surface area contributed by atoms with Gasteiger partial charge >= 0.3 is 0 Å². The van der Waals surface area contributed by atoms with Crippen molar-refractivity contribution in [1.29, 1.82) is 0 Å². The number of H-pyrrole nitrogens is 1. The van der Waals surface area contributed by atoms with E-state index in [1.165, 1.54) is 12.7 Å². The molecular weight excluding hydrogens is 196 g/mol. The van der Waals surface area contributed by atoms with Crippen LogP contribution in [0.2, 0.25) is 0 Å². The number of rotatable bonds is 2. The number of aromatic amines is 1. The predicted molar refractivity (Wildman–Crippen MR) is 55.8 cm³/mol. The van der Waals surface area contributed by atoms with Gasteiger partial charge in [-0.1, -0.05) is 0 Å². The van der Waals surface area contributed by atoms with Gasteiger partial charge in [-0.15, -0.1) is 0 Å². The van der Waals surface area contributed by atoms with Crippen LogP contribution in [-0.4, -0.2) is 32.9 Å². The molecule has 0 aliphatic heterocycles. The monoisotopic (exact) mass is 208 g/mol. The van der Waals surface area contributed by atoms with Crippen LogP contribution in [0.1, 0.15) is 6.92 Å². The molecule has 2 heterocycles. The van der Waals surface area contributed by atoms with E-state index in [2.05, 4.69) is 25.3 Å². The van der Waals surface area contributed by atoms with Gasteiger partial charge in [0.1, 0.15) is 11.8 Å². The first-order valence-corrected chi connectivity index (χ1v) is 4.36. The minimum atomic E-state index is 0.433. The quantitative estimate of drug-likeness (QED) is 0.586. The van der Waals surface area contributed by atoms with Crippen LogP contribution in [0.4, 0.5) is 5.82 Å². The molecular formula is C8H12N6O. The van der Waals surface area contributed by atoms with Crippen molar-refractivity contribution in [2.75, 3.05) is 12.3 Å². The normalized spacial score (nSPS) is 9.13. The smallest absolute Gasteiger partial charge is 0.207 e. The number of anilines is 1. The predicted octanol–water partition coefficient (Wildman–Crippen LogP) is -0.313. The molecule has 0 fully saturated rings. The second kappa shape index (κ2) is 5.53. The van der Waals surface area contributed by atoms with Gasteiger partial charge in [0.2, 0.25) is 6.41 Å². The molecule has 0 atom stereocenters. The van der Waals surface area contributed by atoms with E-state index in [0.717, 1.165) is 6.54 Å². The first-order chi connectivity index (χ1) is 7.29. The topological polar surface area (TPSA) is 110 Å². The number of nitrogens with one attached hydrogen (secondary N) is 2. The third-order valence-corrected chi connectivity index (χ3v) is 1.54. The fraction of sp³-hybridized carbons (Fsp3) is 0.250. The third-order valence-electron chi connectivity index (χ3n) is 1.54. The Morgan fingerprint density at radius 1 is 1.53 bits per heavy atom. The van der Waals surface area contributed by atoms with E-state index in [0.29, 0.717) is 23.4 Å². The van der Waals surface area contributed by atoms with Crippen LogP contribution in [0.25, 0.3) is 11.2 Å². The maximum Gasteiger partial charge on any atom is 0.207 e. The number of hydrogen-bond donors (Lipinski definition) is 3. The van der Waals surface area contributed by atoms with Crippen LogP contribution >= 0.6 is 0 Å². The molecule has 0 saturated carbocycles. The fourth-order valence-corrected chi connectivity index (χ4v) is 0.867. The summed E-state index contributed by atoms with van der Waals surface area (Å²) in [5.41, 5.74) is 6.78. The highest BCUT2D eigenvalue weighted by Gasteiger charge is 1.99. The summed E-state index contributed by atoms with van der Waals surface area (Å²) in [6, 6.07) is 0. The molecule has 80 valence electrons. The van der Waals surface area contributed by atoms with Crippen molar-refractivity contribution in [3.05, 3.63) is 12.7 Å². The highest BCUT2D eigenvalue weighted by atomic mass is 16.1. The first-order valence-electron chi connectivity index (χ1n) is 4.36. The van der Waals surface area contributed by atoms with Crippen molar-refractivity contribution in [1.82, 2.24) is 25.3 Å². The number of carbonyl (C=O) groups excluding carboxylic acids is 1. The summed E-state index contributed by atoms with van der Waals surface area (Å²) < 4.78 is 0. The lowest BCUT2D eigenvalue weighted by atomic mass is 10.5. The molecule has 7 heteroatoms. The van der Waals surface area contributed by atoms with E-state index in [1.807, 2.05) is 6.92 Å². The third kappa shape index (κ3) is 2.90. The summed E-state index contributed by atoms with van der Waals surface area (Å²) >= 11 is 0. The molecule has 0 spiro atoms. The molecule has 2 aromatic rings. The molecule has 0 unspecified atom stereocenters. The van der Waals surface area contributed by atoms with Crippen molar-refractivity contribution < 1.29 is 4.79 Å². The molecule has 4 N–H and O–H groups in total. The molecule has 2 aromatic heterocycles. The fourth-order valence-electron chi connectivity index (χ4n) is 0.867. The molecule has 15 heavy (non-hydrogen) atoms. The molecule has 0 aliphatic carbocycles. The highest BCUT2D eigenvalue weighted by molar-refractivity contribution is 5.80. The standard InChI is InChI=1S/C5H5N5.C3H7NO/c6-4-3-5(9-1-7-3)10-2-8-4;1-2-4-3-5/h1-2H,(H3,6,7,8,9,10);3H,2H2,1H3,(H,4,5). The lowest BCUT2D eigenvalue weighted by Gasteiger charge is -1.89. The number of nitrogens with zero attached hydrogens (tertiary/aromatic N) is 3. The number of nitrogen functional groups attached to an aromatic ring is 1. The van der Waals surface area contributed by atoms with Gasteiger partial charge in [0, 0.05) is 6.54 Å². The van der Waals surface area contributed by atoms with Gasteiger partial charge < -0.3 is 16.0 Å². The van der Waals surface area contributed by atoms with E-state index in [4.69, 9.17) is 5.73 Å². The van der Waals surface area contributed by atoms with Crippen LogP contribution in [0, 0.1) is 0 Å². The van der Waals surface area contributed by atoms with Crippen LogP contribution < -0.4 is 11.1 Å². The number of fused-ring (bicyclic) bond motifs is 1. The zero-order valence-electron chi connectivity index (χ0n) is 8.27. The van der Waals surface area contributed by atoms with E-state index in [9.17, 15) is 4.79 Å². The number of imidazole rings is 1. The maximum atomic E-state index is 9.29. The highest BCUT2D eigenvalue weighted by Crippen LogP contribution is 2.09. The molecule has 1 amide bonds. The number of amides is 1. The minimum absolute atomic E-state index is 0.433. The maximum absolute atomic E-state index is 9.29. The van der Waals surface area contributed by atoms with Crippen LogP contribution in [-0.2, 0) is 4.79 Å². The van der Waals surface area contributed by atoms with Crippen LogP contribution in [0.15, 0.2) is 12.7 Å². The van der Waals surface area contributed by atoms with Crippen molar-refractivity contribution >= 4 is 23.4 Å². The Bertz CT molecular complexity index is 426. The van der Waals surface area contributed by atoms with E-state index < -0.39 is 0 Å². The number of carbonyl (C=O) groups is 1. The van der Waals surface area contributed by atoms with Gasteiger partial charge in [-0.25, -0.2) is 15.0 Å². The zero-order valence-corrected chi connectivity index (χ0v) is 8.27. The summed E-state index contributed by atoms with van der Waals surface area (Å²) in [7, 11) is 0. The molecule has 0 saturated heterocycles. The van der Waals surface area contributed by atoms with Crippen molar-refractivity contribution in [3.8, 4) is 0 Å².